The second-order valence-electron chi connectivity index (χ2n) is 5.50. The molecule has 0 atom stereocenters. The maximum absolute atomic E-state index is 12.6. The first-order chi connectivity index (χ1) is 10.1. The van der Waals surface area contributed by atoms with Crippen LogP contribution < -0.4 is 4.74 Å². The van der Waals surface area contributed by atoms with Gasteiger partial charge in [0.2, 0.25) is 0 Å². The molecule has 0 saturated carbocycles. The Kier molecular flexibility index (Phi) is 3.73. The third-order valence-corrected chi connectivity index (χ3v) is 4.30. The van der Waals surface area contributed by atoms with Crippen LogP contribution in [0.3, 0.4) is 0 Å². The molecule has 0 N–H and O–H groups in total. The van der Waals surface area contributed by atoms with Crippen molar-refractivity contribution >= 4 is 17.4 Å². The minimum absolute atomic E-state index is 0.108. The van der Waals surface area contributed by atoms with Crippen molar-refractivity contribution in [3.8, 4) is 5.75 Å². The molecule has 0 unspecified atom stereocenters. The fourth-order valence-corrected chi connectivity index (χ4v) is 3.06. The van der Waals surface area contributed by atoms with Gasteiger partial charge in [-0.25, -0.2) is 0 Å². The van der Waals surface area contributed by atoms with Gasteiger partial charge in [-0.2, -0.15) is 0 Å². The molecule has 0 bridgehead atoms. The second-order valence-corrected chi connectivity index (χ2v) is 5.94. The van der Waals surface area contributed by atoms with Crippen LogP contribution in [0.1, 0.15) is 32.6 Å². The molecule has 0 radical (unpaired) electrons. The SMILES string of the molecule is Cc1cccc(C(=O)Cc2cc(Cl)cc3c2OCC3)c1C. The van der Waals surface area contributed by atoms with Gasteiger partial charge in [-0.05, 0) is 42.7 Å². The topological polar surface area (TPSA) is 26.3 Å². The molecule has 0 spiro atoms. The zero-order valence-corrected chi connectivity index (χ0v) is 13.0. The molecule has 2 aromatic carbocycles. The Morgan fingerprint density at radius 1 is 1.29 bits per heavy atom. The smallest absolute Gasteiger partial charge is 0.167 e. The number of halogens is 1. The van der Waals surface area contributed by atoms with E-state index in [2.05, 4.69) is 0 Å². The number of carbonyl (C=O) groups is 1. The molecule has 0 amide bonds. The van der Waals surface area contributed by atoms with E-state index in [1.54, 1.807) is 0 Å². The van der Waals surface area contributed by atoms with Crippen molar-refractivity contribution in [2.45, 2.75) is 26.7 Å². The Morgan fingerprint density at radius 3 is 2.90 bits per heavy atom. The number of fused-ring (bicyclic) bond motifs is 1. The molecule has 2 nitrogen and oxygen atoms in total. The van der Waals surface area contributed by atoms with E-state index in [0.717, 1.165) is 40.0 Å². The highest BCUT2D eigenvalue weighted by molar-refractivity contribution is 6.30. The molecule has 3 heteroatoms. The zero-order valence-electron chi connectivity index (χ0n) is 12.2. The molecule has 0 saturated heterocycles. The molecular weight excluding hydrogens is 284 g/mol. The summed E-state index contributed by atoms with van der Waals surface area (Å²) in [5.41, 5.74) is 4.95. The summed E-state index contributed by atoms with van der Waals surface area (Å²) in [5.74, 6) is 0.953. The summed E-state index contributed by atoms with van der Waals surface area (Å²) in [6, 6.07) is 9.60. The highest BCUT2D eigenvalue weighted by Crippen LogP contribution is 2.33. The normalized spacial score (nSPS) is 12.9. The Hall–Kier alpha value is -1.80. The fraction of sp³-hybridized carbons (Fsp3) is 0.278. The standard InChI is InChI=1S/C18H17ClO2/c1-11-4-3-5-16(12(11)2)17(20)10-14-9-15(19)8-13-6-7-21-18(13)14/h3-5,8-9H,6-7,10H2,1-2H3. The predicted octanol–water partition coefficient (Wildman–Crippen LogP) is 4.32. The maximum Gasteiger partial charge on any atom is 0.167 e. The van der Waals surface area contributed by atoms with E-state index >= 15 is 0 Å². The molecule has 21 heavy (non-hydrogen) atoms. The summed E-state index contributed by atoms with van der Waals surface area (Å²) in [4.78, 5) is 12.6. The summed E-state index contributed by atoms with van der Waals surface area (Å²) in [5, 5.41) is 0.669. The third kappa shape index (κ3) is 2.68. The number of rotatable bonds is 3. The third-order valence-electron chi connectivity index (χ3n) is 4.08. The fourth-order valence-electron chi connectivity index (χ4n) is 2.80. The Balaban J connectivity index is 1.94. The Bertz CT molecular complexity index is 719. The van der Waals surface area contributed by atoms with Gasteiger partial charge in [-0.1, -0.05) is 29.8 Å². The van der Waals surface area contributed by atoms with E-state index in [4.69, 9.17) is 16.3 Å². The maximum atomic E-state index is 12.6. The minimum atomic E-state index is 0.108. The van der Waals surface area contributed by atoms with Gasteiger partial charge in [-0.15, -0.1) is 0 Å². The van der Waals surface area contributed by atoms with Crippen LogP contribution in [0.15, 0.2) is 30.3 Å². The molecule has 0 aromatic heterocycles. The van der Waals surface area contributed by atoms with Gasteiger partial charge in [0.25, 0.3) is 0 Å². The second kappa shape index (κ2) is 5.53. The first kappa shape index (κ1) is 14.2. The summed E-state index contributed by atoms with van der Waals surface area (Å²) in [7, 11) is 0. The Morgan fingerprint density at radius 2 is 2.10 bits per heavy atom. The molecule has 108 valence electrons. The number of ketones is 1. The molecular formula is C18H17ClO2. The van der Waals surface area contributed by atoms with Crippen molar-refractivity contribution in [3.63, 3.8) is 0 Å². The van der Waals surface area contributed by atoms with Crippen LogP contribution in [0.5, 0.6) is 5.75 Å². The van der Waals surface area contributed by atoms with Gasteiger partial charge in [0, 0.05) is 29.0 Å². The van der Waals surface area contributed by atoms with E-state index < -0.39 is 0 Å². The summed E-state index contributed by atoms with van der Waals surface area (Å²) < 4.78 is 5.66. The number of aryl methyl sites for hydroxylation is 1. The number of carbonyl (C=O) groups excluding carboxylic acids is 1. The Labute approximate surface area is 129 Å². The van der Waals surface area contributed by atoms with Gasteiger partial charge in [0.05, 0.1) is 6.61 Å². The summed E-state index contributed by atoms with van der Waals surface area (Å²) >= 11 is 6.15. The monoisotopic (exact) mass is 300 g/mol. The van der Waals surface area contributed by atoms with Crippen molar-refractivity contribution in [2.75, 3.05) is 6.61 Å². The molecule has 0 fully saturated rings. The van der Waals surface area contributed by atoms with E-state index in [0.29, 0.717) is 18.1 Å². The summed E-state index contributed by atoms with van der Waals surface area (Å²) in [6.07, 6.45) is 1.19. The van der Waals surface area contributed by atoms with Crippen molar-refractivity contribution < 1.29 is 9.53 Å². The lowest BCUT2D eigenvalue weighted by Crippen LogP contribution is -2.07. The number of hydrogen-bond donors (Lipinski definition) is 0. The number of benzene rings is 2. The molecule has 1 aliphatic rings. The van der Waals surface area contributed by atoms with Gasteiger partial charge >= 0.3 is 0 Å². The van der Waals surface area contributed by atoms with Crippen molar-refractivity contribution in [1.82, 2.24) is 0 Å². The van der Waals surface area contributed by atoms with Gasteiger partial charge in [-0.3, -0.25) is 4.79 Å². The lowest BCUT2D eigenvalue weighted by atomic mass is 9.95. The molecule has 1 heterocycles. The van der Waals surface area contributed by atoms with Crippen LogP contribution in [-0.4, -0.2) is 12.4 Å². The van der Waals surface area contributed by atoms with Crippen LogP contribution in [0.25, 0.3) is 0 Å². The van der Waals surface area contributed by atoms with E-state index in [-0.39, 0.29) is 5.78 Å². The zero-order chi connectivity index (χ0) is 15.0. The van der Waals surface area contributed by atoms with E-state index in [9.17, 15) is 4.79 Å². The highest BCUT2D eigenvalue weighted by atomic mass is 35.5. The number of hydrogen-bond acceptors (Lipinski definition) is 2. The molecule has 0 aliphatic carbocycles. The van der Waals surface area contributed by atoms with Crippen molar-refractivity contribution in [1.29, 1.82) is 0 Å². The molecule has 2 aromatic rings. The van der Waals surface area contributed by atoms with E-state index in [1.807, 2.05) is 44.2 Å². The van der Waals surface area contributed by atoms with Crippen LogP contribution in [0.4, 0.5) is 0 Å². The quantitative estimate of drug-likeness (QED) is 0.789. The first-order valence-electron chi connectivity index (χ1n) is 7.10. The van der Waals surface area contributed by atoms with Gasteiger partial charge in [0.15, 0.2) is 5.78 Å². The van der Waals surface area contributed by atoms with Gasteiger partial charge < -0.3 is 4.74 Å². The van der Waals surface area contributed by atoms with Crippen LogP contribution in [-0.2, 0) is 12.8 Å². The minimum Gasteiger partial charge on any atom is -0.493 e. The van der Waals surface area contributed by atoms with Crippen LogP contribution in [0, 0.1) is 13.8 Å². The van der Waals surface area contributed by atoms with Crippen LogP contribution >= 0.6 is 11.6 Å². The van der Waals surface area contributed by atoms with Crippen molar-refractivity contribution in [2.24, 2.45) is 0 Å². The number of Topliss-reactive ketones (excluding diaryl/α,β-unsaturated/α-hetero) is 1. The average Bonchev–Trinajstić information content (AvgIpc) is 2.90. The lowest BCUT2D eigenvalue weighted by Gasteiger charge is -2.11. The van der Waals surface area contributed by atoms with Crippen molar-refractivity contribution in [3.05, 3.63) is 63.2 Å². The highest BCUT2D eigenvalue weighted by Gasteiger charge is 2.20. The lowest BCUT2D eigenvalue weighted by molar-refractivity contribution is 0.0991. The predicted molar refractivity (Wildman–Crippen MR) is 84.6 cm³/mol. The number of ether oxygens (including phenoxy) is 1. The largest absolute Gasteiger partial charge is 0.493 e. The summed E-state index contributed by atoms with van der Waals surface area (Å²) in [6.45, 7) is 4.67. The van der Waals surface area contributed by atoms with Crippen LogP contribution in [0.2, 0.25) is 5.02 Å². The van der Waals surface area contributed by atoms with Gasteiger partial charge in [0.1, 0.15) is 5.75 Å². The molecule has 3 rings (SSSR count). The molecule has 1 aliphatic heterocycles. The average molecular weight is 301 g/mol. The first-order valence-corrected chi connectivity index (χ1v) is 7.47. The van der Waals surface area contributed by atoms with E-state index in [1.165, 1.54) is 0 Å².